The number of carboxylic acids is 1. The van der Waals surface area contributed by atoms with E-state index >= 15 is 0 Å². The van der Waals surface area contributed by atoms with Gasteiger partial charge in [-0.15, -0.1) is 0 Å². The Kier molecular flexibility index (Phi) is 5.33. The number of rotatable bonds is 5. The highest BCUT2D eigenvalue weighted by Gasteiger charge is 2.14. The fourth-order valence-electron chi connectivity index (χ4n) is 1.41. The summed E-state index contributed by atoms with van der Waals surface area (Å²) in [6, 6.07) is 3.39. The van der Waals surface area contributed by atoms with Gasteiger partial charge in [0.05, 0.1) is 11.3 Å². The molecule has 7 heteroatoms. The molecule has 7 nitrogen and oxygen atoms in total. The summed E-state index contributed by atoms with van der Waals surface area (Å²) in [4.78, 5) is 24.7. The Morgan fingerprint density at radius 1 is 1.35 bits per heavy atom. The number of aromatic carboxylic acids is 1. The lowest BCUT2D eigenvalue weighted by Gasteiger charge is -2.20. The van der Waals surface area contributed by atoms with Gasteiger partial charge in [-0.2, -0.15) is 0 Å². The van der Waals surface area contributed by atoms with Crippen molar-refractivity contribution in [1.29, 1.82) is 0 Å². The van der Waals surface area contributed by atoms with Gasteiger partial charge in [0.15, 0.2) is 0 Å². The third-order valence-electron chi connectivity index (χ3n) is 2.92. The number of carboxylic acid groups (broad SMARTS) is 1. The second kappa shape index (κ2) is 6.76. The molecule has 0 saturated heterocycles. The molecule has 0 saturated carbocycles. The van der Waals surface area contributed by atoms with Crippen LogP contribution in [0.15, 0.2) is 18.2 Å². The van der Waals surface area contributed by atoms with E-state index in [0.29, 0.717) is 6.54 Å². The van der Waals surface area contributed by atoms with Crippen molar-refractivity contribution in [3.8, 4) is 5.75 Å². The zero-order valence-electron chi connectivity index (χ0n) is 11.7. The van der Waals surface area contributed by atoms with Crippen molar-refractivity contribution < 1.29 is 19.8 Å². The van der Waals surface area contributed by atoms with Gasteiger partial charge in [0, 0.05) is 12.6 Å². The maximum Gasteiger partial charge on any atom is 0.337 e. The zero-order chi connectivity index (χ0) is 15.3. The van der Waals surface area contributed by atoms with Crippen LogP contribution in [-0.2, 0) is 0 Å². The van der Waals surface area contributed by atoms with E-state index in [1.807, 2.05) is 25.9 Å². The summed E-state index contributed by atoms with van der Waals surface area (Å²) in [7, 11) is 3.79. The second-order valence-corrected chi connectivity index (χ2v) is 4.68. The number of urea groups is 1. The van der Waals surface area contributed by atoms with Crippen LogP contribution >= 0.6 is 0 Å². The van der Waals surface area contributed by atoms with Gasteiger partial charge in [-0.3, -0.25) is 0 Å². The van der Waals surface area contributed by atoms with Gasteiger partial charge in [0.1, 0.15) is 5.75 Å². The van der Waals surface area contributed by atoms with Crippen molar-refractivity contribution in [3.05, 3.63) is 23.8 Å². The molecule has 1 atom stereocenters. The number of benzene rings is 1. The van der Waals surface area contributed by atoms with E-state index in [1.54, 1.807) is 0 Å². The number of aromatic hydroxyl groups is 1. The van der Waals surface area contributed by atoms with E-state index < -0.39 is 12.0 Å². The lowest BCUT2D eigenvalue weighted by atomic mass is 10.1. The predicted molar refractivity (Wildman–Crippen MR) is 75.2 cm³/mol. The highest BCUT2D eigenvalue weighted by Crippen LogP contribution is 2.21. The average Bonchev–Trinajstić information content (AvgIpc) is 2.37. The first kappa shape index (κ1) is 15.8. The molecule has 0 radical (unpaired) electrons. The Labute approximate surface area is 117 Å². The first-order valence-electron chi connectivity index (χ1n) is 6.09. The summed E-state index contributed by atoms with van der Waals surface area (Å²) >= 11 is 0. The molecule has 0 heterocycles. The van der Waals surface area contributed by atoms with Gasteiger partial charge < -0.3 is 25.7 Å². The molecule has 0 aliphatic rings. The normalized spacial score (nSPS) is 12.0. The van der Waals surface area contributed by atoms with Crippen molar-refractivity contribution >= 4 is 17.7 Å². The third-order valence-corrected chi connectivity index (χ3v) is 2.92. The first-order valence-corrected chi connectivity index (χ1v) is 6.09. The minimum Gasteiger partial charge on any atom is -0.508 e. The Morgan fingerprint density at radius 2 is 2.00 bits per heavy atom. The van der Waals surface area contributed by atoms with Crippen molar-refractivity contribution in [2.24, 2.45) is 0 Å². The van der Waals surface area contributed by atoms with Crippen LogP contribution in [0.2, 0.25) is 0 Å². The maximum absolute atomic E-state index is 11.7. The Hall–Kier alpha value is -2.28. The van der Waals surface area contributed by atoms with Gasteiger partial charge in [0.25, 0.3) is 0 Å². The van der Waals surface area contributed by atoms with Crippen LogP contribution in [0.3, 0.4) is 0 Å². The third kappa shape index (κ3) is 4.43. The molecule has 0 fully saturated rings. The number of anilines is 1. The Morgan fingerprint density at radius 3 is 2.55 bits per heavy atom. The molecule has 0 aliphatic carbocycles. The number of phenols is 1. The lowest BCUT2D eigenvalue weighted by molar-refractivity contribution is 0.0697. The number of hydrogen-bond donors (Lipinski definition) is 4. The minimum atomic E-state index is -1.22. The average molecular weight is 281 g/mol. The van der Waals surface area contributed by atoms with Crippen molar-refractivity contribution in [3.63, 3.8) is 0 Å². The van der Waals surface area contributed by atoms with Gasteiger partial charge in [-0.25, -0.2) is 9.59 Å². The molecule has 0 aromatic heterocycles. The molecule has 1 unspecified atom stereocenters. The standard InChI is InChI=1S/C13H19N3O4/c1-8(16(2)3)7-14-13(20)15-11-5-4-9(17)6-10(11)12(18)19/h4-6,8,17H,7H2,1-3H3,(H,18,19)(H2,14,15,20). The van der Waals surface area contributed by atoms with Gasteiger partial charge in [-0.05, 0) is 39.2 Å². The predicted octanol–water partition coefficient (Wildman–Crippen LogP) is 1.16. The van der Waals surface area contributed by atoms with Gasteiger partial charge in [0.2, 0.25) is 0 Å². The van der Waals surface area contributed by atoms with Crippen LogP contribution in [0.1, 0.15) is 17.3 Å². The highest BCUT2D eigenvalue weighted by molar-refractivity contribution is 6.00. The van der Waals surface area contributed by atoms with E-state index in [2.05, 4.69) is 10.6 Å². The number of phenolic OH excluding ortho intramolecular Hbond substituents is 1. The molecular weight excluding hydrogens is 262 g/mol. The van der Waals surface area contributed by atoms with E-state index in [1.165, 1.54) is 12.1 Å². The van der Waals surface area contributed by atoms with Crippen LogP contribution in [0, 0.1) is 0 Å². The Balaban J connectivity index is 2.69. The van der Waals surface area contributed by atoms with Crippen LogP contribution in [-0.4, -0.2) is 53.8 Å². The summed E-state index contributed by atoms with van der Waals surface area (Å²) in [5.74, 6) is -1.40. The first-order chi connectivity index (χ1) is 9.31. The summed E-state index contributed by atoms with van der Waals surface area (Å²) in [6.45, 7) is 2.38. The zero-order valence-corrected chi connectivity index (χ0v) is 11.7. The van der Waals surface area contributed by atoms with Crippen LogP contribution in [0.4, 0.5) is 10.5 Å². The van der Waals surface area contributed by atoms with E-state index in [0.717, 1.165) is 6.07 Å². The maximum atomic E-state index is 11.7. The second-order valence-electron chi connectivity index (χ2n) is 4.68. The molecule has 110 valence electrons. The van der Waals surface area contributed by atoms with Crippen molar-refractivity contribution in [2.75, 3.05) is 26.0 Å². The number of carbonyl (C=O) groups excluding carboxylic acids is 1. The molecule has 4 N–H and O–H groups in total. The van der Waals surface area contributed by atoms with Crippen LogP contribution in [0.5, 0.6) is 5.75 Å². The van der Waals surface area contributed by atoms with E-state index in [9.17, 15) is 14.7 Å². The number of carbonyl (C=O) groups is 2. The summed E-state index contributed by atoms with van der Waals surface area (Å²) < 4.78 is 0. The fourth-order valence-corrected chi connectivity index (χ4v) is 1.41. The molecule has 20 heavy (non-hydrogen) atoms. The number of amides is 2. The largest absolute Gasteiger partial charge is 0.508 e. The van der Waals surface area contributed by atoms with Gasteiger partial charge >= 0.3 is 12.0 Å². The molecule has 0 spiro atoms. The van der Waals surface area contributed by atoms with E-state index in [4.69, 9.17) is 5.11 Å². The fraction of sp³-hybridized carbons (Fsp3) is 0.385. The monoisotopic (exact) mass is 281 g/mol. The van der Waals surface area contributed by atoms with Crippen molar-refractivity contribution in [2.45, 2.75) is 13.0 Å². The SMILES string of the molecule is CC(CNC(=O)Nc1ccc(O)cc1C(=O)O)N(C)C. The molecular formula is C13H19N3O4. The molecule has 1 aromatic rings. The molecule has 0 bridgehead atoms. The number of nitrogens with zero attached hydrogens (tertiary/aromatic N) is 1. The molecule has 1 rings (SSSR count). The van der Waals surface area contributed by atoms with Crippen molar-refractivity contribution in [1.82, 2.24) is 10.2 Å². The van der Waals surface area contributed by atoms with Gasteiger partial charge in [-0.1, -0.05) is 0 Å². The smallest absolute Gasteiger partial charge is 0.337 e. The van der Waals surface area contributed by atoms with Crippen LogP contribution < -0.4 is 10.6 Å². The summed E-state index contributed by atoms with van der Waals surface area (Å²) in [6.07, 6.45) is 0. The summed E-state index contributed by atoms with van der Waals surface area (Å²) in [5, 5.41) is 23.4. The topological polar surface area (TPSA) is 102 Å². The Bertz CT molecular complexity index is 502. The minimum absolute atomic E-state index is 0.130. The summed E-state index contributed by atoms with van der Waals surface area (Å²) in [5.41, 5.74) is -0.0360. The van der Waals surface area contributed by atoms with E-state index in [-0.39, 0.29) is 23.0 Å². The molecule has 0 aliphatic heterocycles. The molecule has 2 amide bonds. The molecule has 1 aromatic carbocycles. The highest BCUT2D eigenvalue weighted by atomic mass is 16.4. The number of nitrogens with one attached hydrogen (secondary N) is 2. The lowest BCUT2D eigenvalue weighted by Crippen LogP contribution is -2.40. The van der Waals surface area contributed by atoms with Crippen LogP contribution in [0.25, 0.3) is 0 Å². The number of likely N-dealkylation sites (N-methyl/N-ethyl adjacent to an activating group) is 1. The number of hydrogen-bond acceptors (Lipinski definition) is 4. The quantitative estimate of drug-likeness (QED) is 0.607.